The summed E-state index contributed by atoms with van der Waals surface area (Å²) in [4.78, 5) is 5.35. The second kappa shape index (κ2) is 6.52. The molecule has 18 heavy (non-hydrogen) atoms. The van der Waals surface area contributed by atoms with Gasteiger partial charge in [-0.2, -0.15) is 13.2 Å². The molecule has 0 spiro atoms. The first-order chi connectivity index (χ1) is 8.31. The summed E-state index contributed by atoms with van der Waals surface area (Å²) in [6, 6.07) is 0.357. The molecular weight excluding hydrogens is 261 g/mol. The van der Waals surface area contributed by atoms with Crippen LogP contribution in [0, 0.1) is 0 Å². The number of rotatable bonds is 6. The number of alkyl halides is 3. The van der Waals surface area contributed by atoms with Crippen LogP contribution < -0.4 is 5.32 Å². The third kappa shape index (κ3) is 5.35. The second-order valence-electron chi connectivity index (χ2n) is 4.48. The van der Waals surface area contributed by atoms with Crippen LogP contribution in [0.5, 0.6) is 0 Å². The van der Waals surface area contributed by atoms with Crippen molar-refractivity contribution in [3.8, 4) is 0 Å². The minimum atomic E-state index is -4.10. The molecule has 0 amide bonds. The molecule has 0 saturated heterocycles. The Morgan fingerprint density at radius 2 is 2.00 bits per heavy atom. The molecule has 1 aromatic rings. The molecule has 0 saturated carbocycles. The maximum absolute atomic E-state index is 12.1. The number of hydrogen-bond acceptors (Lipinski definition) is 3. The minimum absolute atomic E-state index is 0.0111. The van der Waals surface area contributed by atoms with Gasteiger partial charge in [0.15, 0.2) is 0 Å². The van der Waals surface area contributed by atoms with Crippen molar-refractivity contribution in [2.75, 3.05) is 0 Å². The summed E-state index contributed by atoms with van der Waals surface area (Å²) in [6.07, 6.45) is -4.14. The van der Waals surface area contributed by atoms with Gasteiger partial charge in [0, 0.05) is 30.3 Å². The van der Waals surface area contributed by atoms with Gasteiger partial charge in [0.1, 0.15) is 0 Å². The predicted molar refractivity (Wildman–Crippen MR) is 67.8 cm³/mol. The van der Waals surface area contributed by atoms with Gasteiger partial charge < -0.3 is 5.32 Å². The lowest BCUT2D eigenvalue weighted by molar-refractivity contribution is -0.134. The Balaban J connectivity index is 2.65. The van der Waals surface area contributed by atoms with E-state index in [-0.39, 0.29) is 6.42 Å². The van der Waals surface area contributed by atoms with Crippen LogP contribution in [0.2, 0.25) is 0 Å². The highest BCUT2D eigenvalue weighted by molar-refractivity contribution is 7.11. The minimum Gasteiger partial charge on any atom is -0.310 e. The van der Waals surface area contributed by atoms with Crippen molar-refractivity contribution >= 4 is 11.3 Å². The van der Waals surface area contributed by atoms with Gasteiger partial charge in [-0.25, -0.2) is 4.98 Å². The summed E-state index contributed by atoms with van der Waals surface area (Å²) >= 11 is 1.39. The van der Waals surface area contributed by atoms with Crippen LogP contribution in [0.25, 0.3) is 0 Å². The van der Waals surface area contributed by atoms with Gasteiger partial charge >= 0.3 is 6.18 Å². The first kappa shape index (κ1) is 15.4. The van der Waals surface area contributed by atoms with Crippen molar-refractivity contribution in [1.29, 1.82) is 0 Å². The summed E-state index contributed by atoms with van der Waals surface area (Å²) in [5, 5.41) is 3.86. The highest BCUT2D eigenvalue weighted by Crippen LogP contribution is 2.26. The number of aryl methyl sites for hydroxylation is 2. The molecule has 0 fully saturated rings. The zero-order chi connectivity index (χ0) is 13.8. The lowest BCUT2D eigenvalue weighted by atomic mass is 10.2. The van der Waals surface area contributed by atoms with E-state index in [9.17, 15) is 13.2 Å². The molecule has 1 N–H and O–H groups in total. The monoisotopic (exact) mass is 280 g/mol. The third-order valence-corrected chi connectivity index (χ3v) is 3.61. The summed E-state index contributed by atoms with van der Waals surface area (Å²) < 4.78 is 36.4. The Morgan fingerprint density at radius 1 is 1.33 bits per heavy atom. The van der Waals surface area contributed by atoms with Crippen molar-refractivity contribution in [3.05, 3.63) is 15.6 Å². The molecule has 0 aliphatic heterocycles. The van der Waals surface area contributed by atoms with Gasteiger partial charge in [0.2, 0.25) is 0 Å². The first-order valence-corrected chi connectivity index (χ1v) is 6.91. The van der Waals surface area contributed by atoms with Crippen molar-refractivity contribution in [2.45, 2.75) is 58.8 Å². The first-order valence-electron chi connectivity index (χ1n) is 6.09. The van der Waals surface area contributed by atoms with E-state index in [0.29, 0.717) is 17.6 Å². The predicted octanol–water partition coefficient (Wildman–Crippen LogP) is 3.70. The SMILES string of the molecule is CCc1nc(CCC(F)(F)F)sc1CNC(C)C. The standard InChI is InChI=1S/C12H19F3N2S/c1-4-9-10(7-16-8(2)3)18-11(17-9)5-6-12(13,14)15/h8,16H,4-7H2,1-3H3. The van der Waals surface area contributed by atoms with Gasteiger partial charge in [0.25, 0.3) is 0 Å². The molecule has 6 heteroatoms. The normalized spacial score (nSPS) is 12.4. The van der Waals surface area contributed by atoms with E-state index in [1.807, 2.05) is 20.8 Å². The van der Waals surface area contributed by atoms with Gasteiger partial charge in [-0.15, -0.1) is 11.3 Å². The van der Waals surface area contributed by atoms with E-state index < -0.39 is 12.6 Å². The molecule has 1 heterocycles. The molecule has 1 rings (SSSR count). The third-order valence-electron chi connectivity index (χ3n) is 2.45. The van der Waals surface area contributed by atoms with Crippen LogP contribution in [0.1, 0.15) is 42.8 Å². The fourth-order valence-electron chi connectivity index (χ4n) is 1.50. The van der Waals surface area contributed by atoms with E-state index >= 15 is 0 Å². The average Bonchev–Trinajstić information content (AvgIpc) is 2.65. The number of nitrogens with one attached hydrogen (secondary N) is 1. The summed E-state index contributed by atoms with van der Waals surface area (Å²) in [7, 11) is 0. The van der Waals surface area contributed by atoms with Crippen LogP contribution in [0.15, 0.2) is 0 Å². The van der Waals surface area contributed by atoms with Crippen molar-refractivity contribution in [1.82, 2.24) is 10.3 Å². The van der Waals surface area contributed by atoms with Crippen molar-refractivity contribution < 1.29 is 13.2 Å². The average molecular weight is 280 g/mol. The van der Waals surface area contributed by atoms with Crippen LogP contribution >= 0.6 is 11.3 Å². The number of halogens is 3. The molecule has 1 aromatic heterocycles. The molecular formula is C12H19F3N2S. The van der Waals surface area contributed by atoms with E-state index in [4.69, 9.17) is 0 Å². The van der Waals surface area contributed by atoms with Crippen LogP contribution in [0.3, 0.4) is 0 Å². The maximum Gasteiger partial charge on any atom is 0.389 e. The number of aromatic nitrogens is 1. The fraction of sp³-hybridized carbons (Fsp3) is 0.750. The second-order valence-corrected chi connectivity index (χ2v) is 5.65. The topological polar surface area (TPSA) is 24.9 Å². The van der Waals surface area contributed by atoms with E-state index in [1.165, 1.54) is 11.3 Å². The van der Waals surface area contributed by atoms with Crippen molar-refractivity contribution in [3.63, 3.8) is 0 Å². The summed E-state index contributed by atoms with van der Waals surface area (Å²) in [5.41, 5.74) is 0.922. The molecule has 104 valence electrons. The highest BCUT2D eigenvalue weighted by atomic mass is 32.1. The van der Waals surface area contributed by atoms with E-state index in [0.717, 1.165) is 17.0 Å². The molecule has 2 nitrogen and oxygen atoms in total. The van der Waals surface area contributed by atoms with Crippen LogP contribution in [-0.4, -0.2) is 17.2 Å². The fourth-order valence-corrected chi connectivity index (χ4v) is 2.61. The Labute approximate surface area is 110 Å². The van der Waals surface area contributed by atoms with E-state index in [1.54, 1.807) is 0 Å². The Kier molecular flexibility index (Phi) is 5.59. The summed E-state index contributed by atoms with van der Waals surface area (Å²) in [6.45, 7) is 6.74. The number of nitrogens with zero attached hydrogens (tertiary/aromatic N) is 1. The van der Waals surface area contributed by atoms with Gasteiger partial charge in [-0.05, 0) is 6.42 Å². The smallest absolute Gasteiger partial charge is 0.310 e. The van der Waals surface area contributed by atoms with Gasteiger partial charge in [0.05, 0.1) is 10.7 Å². The highest BCUT2D eigenvalue weighted by Gasteiger charge is 2.27. The zero-order valence-corrected chi connectivity index (χ0v) is 11.7. The summed E-state index contributed by atoms with van der Waals surface area (Å²) in [5.74, 6) is 0. The van der Waals surface area contributed by atoms with E-state index in [2.05, 4.69) is 10.3 Å². The molecule has 0 bridgehead atoms. The quantitative estimate of drug-likeness (QED) is 0.859. The lowest BCUT2D eigenvalue weighted by Crippen LogP contribution is -2.21. The molecule has 0 radical (unpaired) electrons. The molecule has 0 atom stereocenters. The largest absolute Gasteiger partial charge is 0.389 e. The molecule has 0 aliphatic rings. The Hall–Kier alpha value is -0.620. The Morgan fingerprint density at radius 3 is 2.50 bits per heavy atom. The van der Waals surface area contributed by atoms with Gasteiger partial charge in [-0.1, -0.05) is 20.8 Å². The van der Waals surface area contributed by atoms with Crippen LogP contribution in [0.4, 0.5) is 13.2 Å². The maximum atomic E-state index is 12.1. The lowest BCUT2D eigenvalue weighted by Gasteiger charge is -2.06. The molecule has 0 unspecified atom stereocenters. The van der Waals surface area contributed by atoms with Crippen molar-refractivity contribution in [2.24, 2.45) is 0 Å². The zero-order valence-electron chi connectivity index (χ0n) is 10.9. The molecule has 0 aromatic carbocycles. The number of thiazole rings is 1. The Bertz CT molecular complexity index is 372. The number of hydrogen-bond donors (Lipinski definition) is 1. The molecule has 0 aliphatic carbocycles. The van der Waals surface area contributed by atoms with Crippen LogP contribution in [-0.2, 0) is 19.4 Å². The van der Waals surface area contributed by atoms with Gasteiger partial charge in [-0.3, -0.25) is 0 Å².